The zero-order chi connectivity index (χ0) is 12.6. The van der Waals surface area contributed by atoms with Gasteiger partial charge in [0, 0.05) is 0 Å². The second-order valence-electron chi connectivity index (χ2n) is 3.79. The first-order valence-corrected chi connectivity index (χ1v) is 5.02. The van der Waals surface area contributed by atoms with Crippen molar-refractivity contribution in [2.24, 2.45) is 0 Å². The van der Waals surface area contributed by atoms with E-state index >= 15 is 0 Å². The van der Waals surface area contributed by atoms with E-state index in [-0.39, 0.29) is 6.67 Å². The van der Waals surface area contributed by atoms with Crippen LogP contribution in [0.4, 0.5) is 9.59 Å². The van der Waals surface area contributed by atoms with E-state index in [4.69, 9.17) is 9.84 Å². The minimum absolute atomic E-state index is 0.142. The summed E-state index contributed by atoms with van der Waals surface area (Å²) in [4.78, 5) is 23.3. The van der Waals surface area contributed by atoms with Crippen LogP contribution in [0.3, 0.4) is 0 Å². The Kier molecular flexibility index (Phi) is 3.15. The molecule has 96 valence electrons. The number of carbonyl (C=O) groups excluding carboxylic acids is 2. The second-order valence-corrected chi connectivity index (χ2v) is 3.79. The average molecular weight is 247 g/mol. The van der Waals surface area contributed by atoms with E-state index in [2.05, 4.69) is 5.32 Å². The standard InChI is InChI=1S/C8H13N3O6/c12-1-3-4(13)5(14)6(17-3)11-2-9-7(15)10-8(11)16/h3-6,12-14H,1-2H2,(H2,9,10,15,16)/t3-,4?,5?,6-/m1/s1. The minimum Gasteiger partial charge on any atom is -0.394 e. The van der Waals surface area contributed by atoms with Gasteiger partial charge in [-0.2, -0.15) is 0 Å². The molecule has 0 aromatic heterocycles. The molecule has 2 aliphatic heterocycles. The topological polar surface area (TPSA) is 131 Å². The Hall–Kier alpha value is -1.42. The van der Waals surface area contributed by atoms with Crippen LogP contribution in [0.15, 0.2) is 0 Å². The molecule has 4 amide bonds. The van der Waals surface area contributed by atoms with E-state index in [1.165, 1.54) is 0 Å². The smallest absolute Gasteiger partial charge is 0.329 e. The number of imide groups is 1. The Morgan fingerprint density at radius 1 is 1.35 bits per heavy atom. The van der Waals surface area contributed by atoms with Crippen LogP contribution >= 0.6 is 0 Å². The number of nitrogens with one attached hydrogen (secondary N) is 2. The van der Waals surface area contributed by atoms with Gasteiger partial charge in [0.1, 0.15) is 18.3 Å². The number of nitrogens with zero attached hydrogens (tertiary/aromatic N) is 1. The van der Waals surface area contributed by atoms with Crippen molar-refractivity contribution in [1.29, 1.82) is 0 Å². The number of amides is 4. The van der Waals surface area contributed by atoms with Gasteiger partial charge >= 0.3 is 12.1 Å². The summed E-state index contributed by atoms with van der Waals surface area (Å²) in [5, 5.41) is 32.4. The Morgan fingerprint density at radius 2 is 2.06 bits per heavy atom. The Balaban J connectivity index is 2.08. The normalized spacial score (nSPS) is 37.9. The van der Waals surface area contributed by atoms with Crippen LogP contribution in [0.1, 0.15) is 0 Å². The highest BCUT2D eigenvalue weighted by atomic mass is 16.6. The quantitative estimate of drug-likeness (QED) is 0.356. The van der Waals surface area contributed by atoms with Crippen molar-refractivity contribution in [3.05, 3.63) is 0 Å². The molecule has 2 heterocycles. The molecule has 9 heteroatoms. The summed E-state index contributed by atoms with van der Waals surface area (Å²) in [6.45, 7) is -0.617. The van der Waals surface area contributed by atoms with Gasteiger partial charge in [-0.3, -0.25) is 10.2 Å². The number of rotatable bonds is 2. The van der Waals surface area contributed by atoms with Crippen LogP contribution < -0.4 is 10.6 Å². The molecule has 2 fully saturated rings. The molecule has 9 nitrogen and oxygen atoms in total. The minimum atomic E-state index is -1.34. The molecule has 17 heavy (non-hydrogen) atoms. The fourth-order valence-corrected chi connectivity index (χ4v) is 1.78. The second kappa shape index (κ2) is 4.45. The summed E-state index contributed by atoms with van der Waals surface area (Å²) in [7, 11) is 0. The molecule has 2 unspecified atom stereocenters. The molecule has 0 spiro atoms. The molecule has 4 atom stereocenters. The first-order chi connectivity index (χ1) is 8.04. The lowest BCUT2D eigenvalue weighted by Crippen LogP contribution is -2.62. The monoisotopic (exact) mass is 247 g/mol. The van der Waals surface area contributed by atoms with E-state index in [0.717, 1.165) is 4.90 Å². The Labute approximate surface area is 96.0 Å². The first kappa shape index (κ1) is 12.0. The fraction of sp³-hybridized carbons (Fsp3) is 0.750. The van der Waals surface area contributed by atoms with Crippen LogP contribution in [-0.2, 0) is 4.74 Å². The average Bonchev–Trinajstić information content (AvgIpc) is 2.57. The highest BCUT2D eigenvalue weighted by molar-refractivity contribution is 5.95. The summed E-state index contributed by atoms with van der Waals surface area (Å²) in [6, 6.07) is -1.37. The Bertz CT molecular complexity index is 337. The summed E-state index contributed by atoms with van der Waals surface area (Å²) >= 11 is 0. The third-order valence-corrected chi connectivity index (χ3v) is 2.72. The van der Waals surface area contributed by atoms with Gasteiger partial charge in [0.2, 0.25) is 0 Å². The number of carbonyl (C=O) groups is 2. The first-order valence-electron chi connectivity index (χ1n) is 5.02. The molecule has 0 saturated carbocycles. The number of ether oxygens (including phenoxy) is 1. The van der Waals surface area contributed by atoms with E-state index in [9.17, 15) is 19.8 Å². The van der Waals surface area contributed by atoms with Gasteiger partial charge in [0.25, 0.3) is 0 Å². The molecule has 2 saturated heterocycles. The molecule has 2 rings (SSSR count). The third kappa shape index (κ3) is 2.05. The van der Waals surface area contributed by atoms with E-state index in [0.29, 0.717) is 0 Å². The summed E-state index contributed by atoms with van der Waals surface area (Å²) < 4.78 is 5.14. The van der Waals surface area contributed by atoms with E-state index in [1.807, 2.05) is 5.32 Å². The van der Waals surface area contributed by atoms with Gasteiger partial charge in [0.05, 0.1) is 13.3 Å². The molecule has 0 aromatic carbocycles. The molecule has 0 bridgehead atoms. The van der Waals surface area contributed by atoms with Crippen molar-refractivity contribution in [3.8, 4) is 0 Å². The third-order valence-electron chi connectivity index (χ3n) is 2.72. The summed E-state index contributed by atoms with van der Waals surface area (Å²) in [5.41, 5.74) is 0. The van der Waals surface area contributed by atoms with Crippen molar-refractivity contribution >= 4 is 12.1 Å². The molecular weight excluding hydrogens is 234 g/mol. The number of urea groups is 2. The van der Waals surface area contributed by atoms with Crippen LogP contribution in [0.5, 0.6) is 0 Å². The number of hydrogen-bond donors (Lipinski definition) is 5. The molecule has 0 aromatic rings. The van der Waals surface area contributed by atoms with Crippen LogP contribution in [0.25, 0.3) is 0 Å². The molecule has 5 N–H and O–H groups in total. The molecule has 0 aliphatic carbocycles. The van der Waals surface area contributed by atoms with Crippen molar-refractivity contribution in [2.75, 3.05) is 13.3 Å². The predicted molar refractivity (Wildman–Crippen MR) is 51.5 cm³/mol. The lowest BCUT2D eigenvalue weighted by molar-refractivity contribution is -0.0818. The van der Waals surface area contributed by atoms with Crippen molar-refractivity contribution < 1.29 is 29.6 Å². The van der Waals surface area contributed by atoms with Crippen LogP contribution in [-0.4, -0.2) is 70.1 Å². The predicted octanol–water partition coefficient (Wildman–Crippen LogP) is -2.88. The van der Waals surface area contributed by atoms with Crippen molar-refractivity contribution in [3.63, 3.8) is 0 Å². The number of aliphatic hydroxyl groups is 3. The van der Waals surface area contributed by atoms with Gasteiger partial charge in [0.15, 0.2) is 6.23 Å². The van der Waals surface area contributed by atoms with Crippen molar-refractivity contribution in [1.82, 2.24) is 15.5 Å². The lowest BCUT2D eigenvalue weighted by atomic mass is 10.1. The van der Waals surface area contributed by atoms with E-state index in [1.54, 1.807) is 0 Å². The fourth-order valence-electron chi connectivity index (χ4n) is 1.78. The lowest BCUT2D eigenvalue weighted by Gasteiger charge is -2.33. The largest absolute Gasteiger partial charge is 0.394 e. The zero-order valence-electron chi connectivity index (χ0n) is 8.74. The maximum absolute atomic E-state index is 11.5. The van der Waals surface area contributed by atoms with Crippen LogP contribution in [0, 0.1) is 0 Å². The molecule has 0 radical (unpaired) electrons. The Morgan fingerprint density at radius 3 is 2.59 bits per heavy atom. The zero-order valence-corrected chi connectivity index (χ0v) is 8.74. The molecule has 2 aliphatic rings. The maximum Gasteiger partial charge on any atom is 0.329 e. The van der Waals surface area contributed by atoms with Crippen molar-refractivity contribution in [2.45, 2.75) is 24.5 Å². The van der Waals surface area contributed by atoms with Gasteiger partial charge < -0.3 is 25.4 Å². The van der Waals surface area contributed by atoms with Gasteiger partial charge in [-0.1, -0.05) is 0 Å². The SMILES string of the molecule is O=C1NCN([C@@H]2O[C@H](CO)C(O)C2O)C(=O)N1. The summed E-state index contributed by atoms with van der Waals surface area (Å²) in [6.07, 6.45) is -4.69. The van der Waals surface area contributed by atoms with Gasteiger partial charge in [-0.15, -0.1) is 0 Å². The highest BCUT2D eigenvalue weighted by Crippen LogP contribution is 2.24. The maximum atomic E-state index is 11.5. The van der Waals surface area contributed by atoms with E-state index < -0.39 is 43.2 Å². The number of aliphatic hydroxyl groups excluding tert-OH is 3. The van der Waals surface area contributed by atoms with Gasteiger partial charge in [-0.05, 0) is 0 Å². The summed E-state index contributed by atoms with van der Waals surface area (Å²) in [5.74, 6) is 0. The van der Waals surface area contributed by atoms with Gasteiger partial charge in [-0.25, -0.2) is 9.59 Å². The number of hydrogen-bond acceptors (Lipinski definition) is 6. The molecular formula is C8H13N3O6. The highest BCUT2D eigenvalue weighted by Gasteiger charge is 2.47. The van der Waals surface area contributed by atoms with Crippen LogP contribution in [0.2, 0.25) is 0 Å².